The molecule has 2 aliphatic heterocycles. The number of fused-ring (bicyclic) bond motifs is 1. The average molecular weight is 248 g/mol. The lowest BCUT2D eigenvalue weighted by Crippen LogP contribution is -2.55. The Hall–Kier alpha value is -1.09. The third-order valence-corrected chi connectivity index (χ3v) is 4.28. The van der Waals surface area contributed by atoms with Crippen molar-refractivity contribution in [2.45, 2.75) is 32.2 Å². The Labute approximate surface area is 108 Å². The SMILES string of the molecule is Cc1ccc(F)c(N2CCN3CCCCC3C2)c1. The minimum atomic E-state index is -0.0788. The van der Waals surface area contributed by atoms with Crippen molar-refractivity contribution in [2.75, 3.05) is 31.1 Å². The van der Waals surface area contributed by atoms with Gasteiger partial charge in [-0.1, -0.05) is 12.5 Å². The first-order valence-corrected chi connectivity index (χ1v) is 6.99. The van der Waals surface area contributed by atoms with E-state index in [-0.39, 0.29) is 5.82 Å². The molecule has 18 heavy (non-hydrogen) atoms. The largest absolute Gasteiger partial charge is 0.366 e. The third-order valence-electron chi connectivity index (χ3n) is 4.28. The van der Waals surface area contributed by atoms with Gasteiger partial charge in [-0.15, -0.1) is 0 Å². The predicted molar refractivity (Wildman–Crippen MR) is 72.6 cm³/mol. The monoisotopic (exact) mass is 248 g/mol. The molecular formula is C15H21FN2. The molecular weight excluding hydrogens is 227 g/mol. The summed E-state index contributed by atoms with van der Waals surface area (Å²) in [6, 6.07) is 6.05. The van der Waals surface area contributed by atoms with Gasteiger partial charge in [0.05, 0.1) is 5.69 Å². The van der Waals surface area contributed by atoms with Crippen molar-refractivity contribution in [2.24, 2.45) is 0 Å². The Morgan fingerprint density at radius 3 is 2.94 bits per heavy atom. The van der Waals surface area contributed by atoms with Crippen LogP contribution in [0.25, 0.3) is 0 Å². The maximum absolute atomic E-state index is 13.9. The van der Waals surface area contributed by atoms with Gasteiger partial charge in [-0.3, -0.25) is 4.90 Å². The fourth-order valence-corrected chi connectivity index (χ4v) is 3.24. The Morgan fingerprint density at radius 2 is 2.06 bits per heavy atom. The summed E-state index contributed by atoms with van der Waals surface area (Å²) in [5.41, 5.74) is 1.93. The maximum atomic E-state index is 13.9. The van der Waals surface area contributed by atoms with Gasteiger partial charge in [0.15, 0.2) is 0 Å². The van der Waals surface area contributed by atoms with Gasteiger partial charge in [-0.25, -0.2) is 4.39 Å². The van der Waals surface area contributed by atoms with Crippen LogP contribution in [0.3, 0.4) is 0 Å². The van der Waals surface area contributed by atoms with E-state index in [2.05, 4.69) is 9.80 Å². The first-order chi connectivity index (χ1) is 8.74. The van der Waals surface area contributed by atoms with Gasteiger partial charge in [0.1, 0.15) is 5.82 Å². The van der Waals surface area contributed by atoms with Crippen LogP contribution in [0.15, 0.2) is 18.2 Å². The number of hydrogen-bond donors (Lipinski definition) is 0. The van der Waals surface area contributed by atoms with E-state index in [0.29, 0.717) is 6.04 Å². The molecule has 1 aromatic rings. The molecule has 1 aromatic carbocycles. The smallest absolute Gasteiger partial charge is 0.146 e. The highest BCUT2D eigenvalue weighted by Gasteiger charge is 2.29. The Balaban J connectivity index is 1.79. The van der Waals surface area contributed by atoms with Gasteiger partial charge in [-0.2, -0.15) is 0 Å². The molecule has 0 saturated carbocycles. The summed E-state index contributed by atoms with van der Waals surface area (Å²) in [6.45, 7) is 6.28. The second kappa shape index (κ2) is 4.88. The lowest BCUT2D eigenvalue weighted by atomic mass is 9.99. The van der Waals surface area contributed by atoms with Crippen molar-refractivity contribution >= 4 is 5.69 Å². The second-order valence-electron chi connectivity index (χ2n) is 5.59. The van der Waals surface area contributed by atoms with Crippen LogP contribution in [0.5, 0.6) is 0 Å². The van der Waals surface area contributed by atoms with Crippen LogP contribution in [0.4, 0.5) is 10.1 Å². The molecule has 1 unspecified atom stereocenters. The van der Waals surface area contributed by atoms with E-state index >= 15 is 0 Å². The van der Waals surface area contributed by atoms with Gasteiger partial charge in [0, 0.05) is 25.7 Å². The molecule has 0 aromatic heterocycles. The van der Waals surface area contributed by atoms with E-state index in [0.717, 1.165) is 30.9 Å². The summed E-state index contributed by atoms with van der Waals surface area (Å²) in [7, 11) is 0. The normalized spacial score (nSPS) is 25.0. The number of anilines is 1. The molecule has 0 amide bonds. The number of aryl methyl sites for hydroxylation is 1. The van der Waals surface area contributed by atoms with E-state index in [9.17, 15) is 4.39 Å². The van der Waals surface area contributed by atoms with Crippen molar-refractivity contribution < 1.29 is 4.39 Å². The van der Waals surface area contributed by atoms with Gasteiger partial charge < -0.3 is 4.90 Å². The zero-order valence-corrected chi connectivity index (χ0v) is 11.0. The maximum Gasteiger partial charge on any atom is 0.146 e. The molecule has 2 heterocycles. The number of benzene rings is 1. The molecule has 2 saturated heterocycles. The van der Waals surface area contributed by atoms with Gasteiger partial charge in [-0.05, 0) is 44.0 Å². The predicted octanol–water partition coefficient (Wildman–Crippen LogP) is 2.81. The molecule has 2 nitrogen and oxygen atoms in total. The summed E-state index contributed by atoms with van der Waals surface area (Å²) in [5.74, 6) is -0.0788. The molecule has 98 valence electrons. The zero-order valence-electron chi connectivity index (χ0n) is 11.0. The van der Waals surface area contributed by atoms with Gasteiger partial charge in [0.2, 0.25) is 0 Å². The highest BCUT2D eigenvalue weighted by atomic mass is 19.1. The van der Waals surface area contributed by atoms with Crippen LogP contribution in [0.1, 0.15) is 24.8 Å². The van der Waals surface area contributed by atoms with Gasteiger partial charge >= 0.3 is 0 Å². The molecule has 1 atom stereocenters. The number of hydrogen-bond acceptors (Lipinski definition) is 2. The van der Waals surface area contributed by atoms with Gasteiger partial charge in [0.25, 0.3) is 0 Å². The summed E-state index contributed by atoms with van der Waals surface area (Å²) in [4.78, 5) is 4.81. The van der Waals surface area contributed by atoms with E-state index in [1.807, 2.05) is 19.1 Å². The molecule has 2 fully saturated rings. The molecule has 0 spiro atoms. The quantitative estimate of drug-likeness (QED) is 0.754. The highest BCUT2D eigenvalue weighted by Crippen LogP contribution is 2.27. The molecule has 2 aliphatic rings. The van der Waals surface area contributed by atoms with Crippen molar-refractivity contribution in [1.82, 2.24) is 4.90 Å². The standard InChI is InChI=1S/C15H21FN2/c1-12-5-6-14(16)15(10-12)18-9-8-17-7-3-2-4-13(17)11-18/h5-6,10,13H,2-4,7-9,11H2,1H3. The van der Waals surface area contributed by atoms with Crippen molar-refractivity contribution in [3.05, 3.63) is 29.6 Å². The Kier molecular flexibility index (Phi) is 3.25. The van der Waals surface area contributed by atoms with Crippen LogP contribution in [-0.4, -0.2) is 37.1 Å². The van der Waals surface area contributed by atoms with E-state index in [1.165, 1.54) is 25.8 Å². The van der Waals surface area contributed by atoms with Crippen molar-refractivity contribution in [1.29, 1.82) is 0 Å². The summed E-state index contributed by atoms with van der Waals surface area (Å²) >= 11 is 0. The minimum absolute atomic E-state index is 0.0788. The number of halogens is 1. The molecule has 0 bridgehead atoms. The van der Waals surface area contributed by atoms with E-state index in [4.69, 9.17) is 0 Å². The lowest BCUT2D eigenvalue weighted by Gasteiger charge is -2.45. The minimum Gasteiger partial charge on any atom is -0.366 e. The fraction of sp³-hybridized carbons (Fsp3) is 0.600. The number of piperidine rings is 1. The molecule has 3 heteroatoms. The third kappa shape index (κ3) is 2.24. The average Bonchev–Trinajstić information content (AvgIpc) is 2.41. The van der Waals surface area contributed by atoms with E-state index in [1.54, 1.807) is 6.07 Å². The van der Waals surface area contributed by atoms with Crippen molar-refractivity contribution in [3.8, 4) is 0 Å². The fourth-order valence-electron chi connectivity index (χ4n) is 3.24. The van der Waals surface area contributed by atoms with Crippen LogP contribution in [-0.2, 0) is 0 Å². The number of piperazine rings is 1. The van der Waals surface area contributed by atoms with E-state index < -0.39 is 0 Å². The van der Waals surface area contributed by atoms with Crippen LogP contribution in [0, 0.1) is 12.7 Å². The lowest BCUT2D eigenvalue weighted by molar-refractivity contribution is 0.133. The second-order valence-corrected chi connectivity index (χ2v) is 5.59. The molecule has 0 aliphatic carbocycles. The summed E-state index contributed by atoms with van der Waals surface area (Å²) < 4.78 is 13.9. The van der Waals surface area contributed by atoms with Crippen molar-refractivity contribution in [3.63, 3.8) is 0 Å². The number of nitrogens with zero attached hydrogens (tertiary/aromatic N) is 2. The highest BCUT2D eigenvalue weighted by molar-refractivity contribution is 5.50. The first kappa shape index (κ1) is 12.0. The topological polar surface area (TPSA) is 6.48 Å². The summed E-state index contributed by atoms with van der Waals surface area (Å²) in [6.07, 6.45) is 3.92. The molecule has 3 rings (SSSR count). The first-order valence-electron chi connectivity index (χ1n) is 6.99. The number of rotatable bonds is 1. The summed E-state index contributed by atoms with van der Waals surface area (Å²) in [5, 5.41) is 0. The Bertz CT molecular complexity index is 433. The Morgan fingerprint density at radius 1 is 1.17 bits per heavy atom. The van der Waals surface area contributed by atoms with Crippen LogP contribution >= 0.6 is 0 Å². The molecule has 0 radical (unpaired) electrons. The van der Waals surface area contributed by atoms with Crippen LogP contribution in [0.2, 0.25) is 0 Å². The van der Waals surface area contributed by atoms with Crippen LogP contribution < -0.4 is 4.90 Å². The molecule has 0 N–H and O–H groups in total. The zero-order chi connectivity index (χ0) is 12.5.